The van der Waals surface area contributed by atoms with Crippen molar-refractivity contribution >= 4 is 34.8 Å². The summed E-state index contributed by atoms with van der Waals surface area (Å²) in [7, 11) is 1.43. The molecule has 25 heavy (non-hydrogen) atoms. The van der Waals surface area contributed by atoms with Crippen molar-refractivity contribution in [3.05, 3.63) is 70.2 Å². The van der Waals surface area contributed by atoms with Crippen LogP contribution < -0.4 is 10.1 Å². The number of ether oxygens (including phenoxy) is 1. The number of carbonyl (C=O) groups is 1. The first-order chi connectivity index (χ1) is 12.0. The van der Waals surface area contributed by atoms with Crippen LogP contribution in [0.1, 0.15) is 10.5 Å². The van der Waals surface area contributed by atoms with Crippen molar-refractivity contribution in [1.29, 1.82) is 0 Å². The Morgan fingerprint density at radius 2 is 1.92 bits per heavy atom. The lowest BCUT2D eigenvalue weighted by Gasteiger charge is -2.06. The maximum Gasteiger partial charge on any atom is 0.280 e. The van der Waals surface area contributed by atoms with E-state index in [1.165, 1.54) is 36.2 Å². The van der Waals surface area contributed by atoms with E-state index in [0.29, 0.717) is 21.4 Å². The Morgan fingerprint density at radius 3 is 2.56 bits per heavy atom. The summed E-state index contributed by atoms with van der Waals surface area (Å²) in [5.41, 5.74) is 1.05. The van der Waals surface area contributed by atoms with Crippen LogP contribution in [0.2, 0.25) is 10.0 Å². The number of hydrogen-bond acceptors (Lipinski definition) is 3. The van der Waals surface area contributed by atoms with Crippen LogP contribution in [0.15, 0.2) is 48.7 Å². The van der Waals surface area contributed by atoms with Gasteiger partial charge < -0.3 is 10.1 Å². The first-order valence-electron chi connectivity index (χ1n) is 7.14. The van der Waals surface area contributed by atoms with Gasteiger partial charge in [-0.2, -0.15) is 5.10 Å². The van der Waals surface area contributed by atoms with Crippen LogP contribution in [0, 0.1) is 5.82 Å². The maximum absolute atomic E-state index is 13.0. The number of carbonyl (C=O) groups excluding carboxylic acids is 1. The van der Waals surface area contributed by atoms with Crippen molar-refractivity contribution in [2.45, 2.75) is 0 Å². The Morgan fingerprint density at radius 1 is 1.20 bits per heavy atom. The van der Waals surface area contributed by atoms with Crippen molar-refractivity contribution in [2.75, 3.05) is 12.4 Å². The van der Waals surface area contributed by atoms with E-state index in [-0.39, 0.29) is 17.3 Å². The van der Waals surface area contributed by atoms with Crippen LogP contribution >= 0.6 is 23.2 Å². The Balaban J connectivity index is 1.90. The molecule has 1 aromatic heterocycles. The number of anilines is 1. The Bertz CT molecular complexity index is 926. The van der Waals surface area contributed by atoms with Gasteiger partial charge >= 0.3 is 0 Å². The molecule has 0 bridgehead atoms. The molecule has 0 fully saturated rings. The Labute approximate surface area is 152 Å². The van der Waals surface area contributed by atoms with E-state index in [1.54, 1.807) is 24.3 Å². The number of rotatable bonds is 4. The zero-order valence-electron chi connectivity index (χ0n) is 13.0. The molecule has 1 heterocycles. The minimum Gasteiger partial charge on any atom is -0.493 e. The number of methoxy groups -OCH3 is 1. The second kappa shape index (κ2) is 7.13. The van der Waals surface area contributed by atoms with Gasteiger partial charge in [0, 0.05) is 5.02 Å². The molecule has 3 rings (SSSR count). The Hall–Kier alpha value is -2.57. The van der Waals surface area contributed by atoms with Gasteiger partial charge in [0.1, 0.15) is 5.82 Å². The fourth-order valence-electron chi connectivity index (χ4n) is 2.16. The summed E-state index contributed by atoms with van der Waals surface area (Å²) in [5, 5.41) is 7.63. The van der Waals surface area contributed by atoms with E-state index < -0.39 is 5.91 Å². The first-order valence-corrected chi connectivity index (χ1v) is 7.89. The van der Waals surface area contributed by atoms with Gasteiger partial charge in [0.2, 0.25) is 0 Å². The monoisotopic (exact) mass is 379 g/mol. The second-order valence-corrected chi connectivity index (χ2v) is 5.89. The topological polar surface area (TPSA) is 56.2 Å². The lowest BCUT2D eigenvalue weighted by atomic mass is 10.3. The predicted molar refractivity (Wildman–Crippen MR) is 94.5 cm³/mol. The minimum absolute atomic E-state index is 0.0674. The molecular weight excluding hydrogens is 368 g/mol. The number of nitrogens with zero attached hydrogens (tertiary/aromatic N) is 2. The third-order valence-corrected chi connectivity index (χ3v) is 3.93. The molecular formula is C17H12Cl2FN3O2. The molecule has 8 heteroatoms. The quantitative estimate of drug-likeness (QED) is 0.721. The summed E-state index contributed by atoms with van der Waals surface area (Å²) in [5.74, 6) is -0.591. The van der Waals surface area contributed by atoms with Crippen LogP contribution in [0.4, 0.5) is 10.1 Å². The number of benzene rings is 2. The van der Waals surface area contributed by atoms with Crippen molar-refractivity contribution in [3.8, 4) is 11.4 Å². The number of hydrogen-bond donors (Lipinski definition) is 1. The highest BCUT2D eigenvalue weighted by atomic mass is 35.5. The highest BCUT2D eigenvalue weighted by molar-refractivity contribution is 6.36. The molecule has 0 radical (unpaired) electrons. The molecule has 1 amide bonds. The van der Waals surface area contributed by atoms with E-state index in [1.807, 2.05) is 0 Å². The number of aromatic nitrogens is 2. The molecule has 0 aliphatic carbocycles. The predicted octanol–water partition coefficient (Wildman–Crippen LogP) is 4.58. The van der Waals surface area contributed by atoms with E-state index >= 15 is 0 Å². The number of halogens is 3. The van der Waals surface area contributed by atoms with Crippen molar-refractivity contribution < 1.29 is 13.9 Å². The normalized spacial score (nSPS) is 10.6. The zero-order chi connectivity index (χ0) is 18.0. The van der Waals surface area contributed by atoms with Gasteiger partial charge in [-0.25, -0.2) is 9.07 Å². The van der Waals surface area contributed by atoms with Crippen LogP contribution in [0.5, 0.6) is 5.75 Å². The molecule has 0 spiro atoms. The SMILES string of the molecule is COc1cn(-c2ccc(F)cc2)nc1C(=O)Nc1ccc(Cl)cc1Cl. The minimum atomic E-state index is -0.498. The zero-order valence-corrected chi connectivity index (χ0v) is 14.5. The van der Waals surface area contributed by atoms with Gasteiger partial charge in [0.15, 0.2) is 11.4 Å². The molecule has 3 aromatic rings. The smallest absolute Gasteiger partial charge is 0.280 e. The molecule has 128 valence electrons. The average molecular weight is 380 g/mol. The summed E-state index contributed by atoms with van der Waals surface area (Å²) in [6.45, 7) is 0. The lowest BCUT2D eigenvalue weighted by molar-refractivity contribution is 0.101. The van der Waals surface area contributed by atoms with Crippen LogP contribution in [-0.2, 0) is 0 Å². The summed E-state index contributed by atoms with van der Waals surface area (Å²) in [6, 6.07) is 10.4. The summed E-state index contributed by atoms with van der Waals surface area (Å²) >= 11 is 11.9. The fourth-order valence-corrected chi connectivity index (χ4v) is 2.62. The summed E-state index contributed by atoms with van der Waals surface area (Å²) in [4.78, 5) is 12.5. The van der Waals surface area contributed by atoms with Gasteiger partial charge in [0.25, 0.3) is 5.91 Å². The van der Waals surface area contributed by atoms with E-state index in [0.717, 1.165) is 0 Å². The molecule has 0 saturated heterocycles. The van der Waals surface area contributed by atoms with Gasteiger partial charge in [-0.05, 0) is 42.5 Å². The second-order valence-electron chi connectivity index (χ2n) is 5.05. The molecule has 0 aliphatic heterocycles. The van der Waals surface area contributed by atoms with Gasteiger partial charge in [-0.15, -0.1) is 0 Å². The summed E-state index contributed by atoms with van der Waals surface area (Å²) in [6.07, 6.45) is 1.53. The standard InChI is InChI=1S/C17H12Cl2FN3O2/c1-25-15-9-23(12-5-3-11(20)4-6-12)22-16(15)17(24)21-14-7-2-10(18)8-13(14)19/h2-9H,1H3,(H,21,24). The van der Waals surface area contributed by atoms with Gasteiger partial charge in [-0.3, -0.25) is 4.79 Å². The molecule has 0 saturated carbocycles. The molecule has 0 aliphatic rings. The number of nitrogens with one attached hydrogen (secondary N) is 1. The van der Waals surface area contributed by atoms with Gasteiger partial charge in [0.05, 0.1) is 29.7 Å². The van der Waals surface area contributed by atoms with Gasteiger partial charge in [-0.1, -0.05) is 23.2 Å². The van der Waals surface area contributed by atoms with E-state index in [9.17, 15) is 9.18 Å². The Kier molecular flexibility index (Phi) is 4.92. The van der Waals surface area contributed by atoms with Crippen LogP contribution in [-0.4, -0.2) is 22.8 Å². The van der Waals surface area contributed by atoms with Crippen molar-refractivity contribution in [3.63, 3.8) is 0 Å². The molecule has 0 atom stereocenters. The first kappa shape index (κ1) is 17.3. The molecule has 1 N–H and O–H groups in total. The molecule has 2 aromatic carbocycles. The third kappa shape index (κ3) is 3.75. The highest BCUT2D eigenvalue weighted by Gasteiger charge is 2.19. The van der Waals surface area contributed by atoms with E-state index in [4.69, 9.17) is 27.9 Å². The van der Waals surface area contributed by atoms with Crippen molar-refractivity contribution in [2.24, 2.45) is 0 Å². The van der Waals surface area contributed by atoms with Crippen LogP contribution in [0.3, 0.4) is 0 Å². The highest BCUT2D eigenvalue weighted by Crippen LogP contribution is 2.27. The third-order valence-electron chi connectivity index (χ3n) is 3.39. The molecule has 0 unspecified atom stereocenters. The summed E-state index contributed by atoms with van der Waals surface area (Å²) < 4.78 is 19.7. The largest absolute Gasteiger partial charge is 0.493 e. The van der Waals surface area contributed by atoms with E-state index in [2.05, 4.69) is 10.4 Å². The fraction of sp³-hybridized carbons (Fsp3) is 0.0588. The lowest BCUT2D eigenvalue weighted by Crippen LogP contribution is -2.14. The van der Waals surface area contributed by atoms with Crippen LogP contribution in [0.25, 0.3) is 5.69 Å². The maximum atomic E-state index is 13.0. The molecule has 5 nitrogen and oxygen atoms in total. The number of amides is 1. The van der Waals surface area contributed by atoms with Crippen molar-refractivity contribution in [1.82, 2.24) is 9.78 Å². The average Bonchev–Trinajstić information content (AvgIpc) is 3.02.